The van der Waals surface area contributed by atoms with Crippen LogP contribution < -0.4 is 0 Å². The number of amides is 1. The second kappa shape index (κ2) is 8.05. The first-order valence-electron chi connectivity index (χ1n) is 9.45. The molecule has 6 heteroatoms. The first-order chi connectivity index (χ1) is 13.7. The van der Waals surface area contributed by atoms with Crippen molar-refractivity contribution in [1.29, 1.82) is 5.26 Å². The van der Waals surface area contributed by atoms with Crippen LogP contribution >= 0.6 is 0 Å². The molecule has 28 heavy (non-hydrogen) atoms. The molecule has 1 amide bonds. The van der Waals surface area contributed by atoms with E-state index in [9.17, 15) is 4.79 Å². The Hall–Kier alpha value is -3.46. The summed E-state index contributed by atoms with van der Waals surface area (Å²) in [7, 11) is 0. The van der Waals surface area contributed by atoms with Crippen LogP contribution in [0.3, 0.4) is 0 Å². The fourth-order valence-corrected chi connectivity index (χ4v) is 3.72. The molecule has 0 radical (unpaired) electrons. The summed E-state index contributed by atoms with van der Waals surface area (Å²) in [5.74, 6) is 0.518. The van der Waals surface area contributed by atoms with E-state index in [-0.39, 0.29) is 5.91 Å². The van der Waals surface area contributed by atoms with Crippen molar-refractivity contribution in [3.8, 4) is 17.3 Å². The maximum atomic E-state index is 12.9. The van der Waals surface area contributed by atoms with Gasteiger partial charge in [0.25, 0.3) is 5.91 Å². The largest absolute Gasteiger partial charge is 0.338 e. The van der Waals surface area contributed by atoms with Crippen LogP contribution in [0.5, 0.6) is 0 Å². The van der Waals surface area contributed by atoms with Gasteiger partial charge in [-0.05, 0) is 43.0 Å². The predicted molar refractivity (Wildman–Crippen MR) is 105 cm³/mol. The fourth-order valence-electron chi connectivity index (χ4n) is 3.72. The third kappa shape index (κ3) is 3.94. The monoisotopic (exact) mass is 371 g/mol. The van der Waals surface area contributed by atoms with Crippen molar-refractivity contribution in [2.24, 2.45) is 5.92 Å². The van der Waals surface area contributed by atoms with Crippen LogP contribution in [-0.2, 0) is 6.54 Å². The van der Waals surface area contributed by atoms with E-state index in [0.29, 0.717) is 17.2 Å². The number of aromatic nitrogens is 3. The van der Waals surface area contributed by atoms with Crippen molar-refractivity contribution in [2.75, 3.05) is 13.1 Å². The van der Waals surface area contributed by atoms with Crippen LogP contribution in [0.4, 0.5) is 0 Å². The van der Waals surface area contributed by atoms with Crippen LogP contribution in [0.2, 0.25) is 0 Å². The molecule has 1 atom stereocenters. The van der Waals surface area contributed by atoms with Gasteiger partial charge >= 0.3 is 0 Å². The lowest BCUT2D eigenvalue weighted by atomic mass is 9.97. The van der Waals surface area contributed by atoms with E-state index in [2.05, 4.69) is 20.6 Å². The first-order valence-corrected chi connectivity index (χ1v) is 9.45. The van der Waals surface area contributed by atoms with Crippen molar-refractivity contribution >= 4 is 5.91 Å². The Bertz CT molecular complexity index is 989. The lowest BCUT2D eigenvalue weighted by molar-refractivity contribution is 0.0662. The molecular formula is C22H21N5O. The second-order valence-electron chi connectivity index (χ2n) is 7.12. The highest BCUT2D eigenvalue weighted by molar-refractivity contribution is 5.94. The fraction of sp³-hybridized carbons (Fsp3) is 0.273. The van der Waals surface area contributed by atoms with Gasteiger partial charge in [0.15, 0.2) is 0 Å². The van der Waals surface area contributed by atoms with Crippen molar-refractivity contribution in [3.05, 3.63) is 72.4 Å². The smallest absolute Gasteiger partial charge is 0.253 e. The van der Waals surface area contributed by atoms with E-state index < -0.39 is 0 Å². The molecule has 1 saturated heterocycles. The van der Waals surface area contributed by atoms with E-state index in [1.807, 2.05) is 53.8 Å². The SMILES string of the molecule is N#Cc1cccc(-c2ccc(C(=O)N3CCCC(Cn4ccnc4)C3)cc2)n1. The average Bonchev–Trinajstić information content (AvgIpc) is 3.26. The van der Waals surface area contributed by atoms with Gasteiger partial charge in [0, 0.05) is 43.2 Å². The zero-order chi connectivity index (χ0) is 19.3. The summed E-state index contributed by atoms with van der Waals surface area (Å²) in [5, 5.41) is 9.00. The number of nitriles is 1. The van der Waals surface area contributed by atoms with Gasteiger partial charge < -0.3 is 9.47 Å². The maximum absolute atomic E-state index is 12.9. The molecule has 140 valence electrons. The topological polar surface area (TPSA) is 74.8 Å². The number of hydrogen-bond acceptors (Lipinski definition) is 4. The molecule has 1 aromatic carbocycles. The Kier molecular flexibility index (Phi) is 5.16. The summed E-state index contributed by atoms with van der Waals surface area (Å²) in [6.45, 7) is 2.46. The van der Waals surface area contributed by atoms with Crippen molar-refractivity contribution in [2.45, 2.75) is 19.4 Å². The highest BCUT2D eigenvalue weighted by Crippen LogP contribution is 2.22. The van der Waals surface area contributed by atoms with Gasteiger partial charge in [0.1, 0.15) is 11.8 Å². The Morgan fingerprint density at radius 3 is 2.82 bits per heavy atom. The van der Waals surface area contributed by atoms with Crippen LogP contribution in [0.15, 0.2) is 61.2 Å². The van der Waals surface area contributed by atoms with Crippen LogP contribution in [-0.4, -0.2) is 38.4 Å². The number of carbonyl (C=O) groups is 1. The number of benzene rings is 1. The zero-order valence-corrected chi connectivity index (χ0v) is 15.5. The van der Waals surface area contributed by atoms with Crippen LogP contribution in [0, 0.1) is 17.2 Å². The third-order valence-corrected chi connectivity index (χ3v) is 5.13. The normalized spacial score (nSPS) is 16.5. The maximum Gasteiger partial charge on any atom is 0.253 e. The molecular weight excluding hydrogens is 350 g/mol. The third-order valence-electron chi connectivity index (χ3n) is 5.13. The number of imidazole rings is 1. The van der Waals surface area contributed by atoms with Crippen molar-refractivity contribution in [1.82, 2.24) is 19.4 Å². The number of nitrogens with zero attached hydrogens (tertiary/aromatic N) is 5. The Morgan fingerprint density at radius 1 is 1.21 bits per heavy atom. The number of piperidine rings is 1. The minimum atomic E-state index is 0.0700. The number of hydrogen-bond donors (Lipinski definition) is 0. The van der Waals surface area contributed by atoms with E-state index in [0.717, 1.165) is 43.7 Å². The van der Waals surface area contributed by atoms with Crippen LogP contribution in [0.25, 0.3) is 11.3 Å². The number of pyridine rings is 1. The predicted octanol–water partition coefficient (Wildman–Crippen LogP) is 3.37. The molecule has 1 unspecified atom stereocenters. The van der Waals surface area contributed by atoms with Gasteiger partial charge in [-0.15, -0.1) is 0 Å². The van der Waals surface area contributed by atoms with Gasteiger partial charge in [-0.3, -0.25) is 4.79 Å². The average molecular weight is 371 g/mol. The minimum absolute atomic E-state index is 0.0700. The molecule has 6 nitrogen and oxygen atoms in total. The van der Waals surface area contributed by atoms with Gasteiger partial charge in [0.05, 0.1) is 12.0 Å². The molecule has 0 saturated carbocycles. The van der Waals surface area contributed by atoms with E-state index in [4.69, 9.17) is 5.26 Å². The quantitative estimate of drug-likeness (QED) is 0.705. The van der Waals surface area contributed by atoms with Crippen molar-refractivity contribution < 1.29 is 4.79 Å². The molecule has 2 aromatic heterocycles. The van der Waals surface area contributed by atoms with Gasteiger partial charge in [-0.2, -0.15) is 5.26 Å². The molecule has 0 aliphatic carbocycles. The number of likely N-dealkylation sites (tertiary alicyclic amines) is 1. The molecule has 0 spiro atoms. The van der Waals surface area contributed by atoms with E-state index in [1.165, 1.54) is 0 Å². The van der Waals surface area contributed by atoms with Crippen molar-refractivity contribution in [3.63, 3.8) is 0 Å². The molecule has 1 aliphatic heterocycles. The lowest BCUT2D eigenvalue weighted by Crippen LogP contribution is -2.41. The Labute approximate surface area is 164 Å². The zero-order valence-electron chi connectivity index (χ0n) is 15.5. The number of carbonyl (C=O) groups excluding carboxylic acids is 1. The molecule has 4 rings (SSSR count). The summed E-state index contributed by atoms with van der Waals surface area (Å²) in [4.78, 5) is 23.3. The molecule has 3 aromatic rings. The number of rotatable bonds is 4. The summed E-state index contributed by atoms with van der Waals surface area (Å²) in [6, 6.07) is 14.9. The van der Waals surface area contributed by atoms with Gasteiger partial charge in [-0.1, -0.05) is 18.2 Å². The summed E-state index contributed by atoms with van der Waals surface area (Å²) in [5.41, 5.74) is 2.69. The molecule has 1 aliphatic rings. The second-order valence-corrected chi connectivity index (χ2v) is 7.12. The molecule has 3 heterocycles. The van der Waals surface area contributed by atoms with E-state index in [1.54, 1.807) is 12.3 Å². The first kappa shape index (κ1) is 17.9. The summed E-state index contributed by atoms with van der Waals surface area (Å²) < 4.78 is 2.08. The highest BCUT2D eigenvalue weighted by Gasteiger charge is 2.24. The van der Waals surface area contributed by atoms with Crippen LogP contribution in [0.1, 0.15) is 28.9 Å². The highest BCUT2D eigenvalue weighted by atomic mass is 16.2. The molecule has 0 N–H and O–H groups in total. The summed E-state index contributed by atoms with van der Waals surface area (Å²) >= 11 is 0. The van der Waals surface area contributed by atoms with Gasteiger partial charge in [0.2, 0.25) is 0 Å². The van der Waals surface area contributed by atoms with E-state index >= 15 is 0 Å². The Morgan fingerprint density at radius 2 is 2.07 bits per heavy atom. The summed E-state index contributed by atoms with van der Waals surface area (Å²) in [6.07, 6.45) is 7.73. The molecule has 1 fully saturated rings. The minimum Gasteiger partial charge on any atom is -0.338 e. The standard InChI is InChI=1S/C22H21N5O/c23-13-20-4-1-5-21(25-20)18-6-8-19(9-7-18)22(28)27-11-2-3-17(15-27)14-26-12-10-24-16-26/h1,4-10,12,16-17H,2-3,11,14-15H2. The van der Waals surface area contributed by atoms with Gasteiger partial charge in [-0.25, -0.2) is 9.97 Å². The molecule has 0 bridgehead atoms. The Balaban J connectivity index is 1.45. The lowest BCUT2D eigenvalue weighted by Gasteiger charge is -2.33.